The summed E-state index contributed by atoms with van der Waals surface area (Å²) in [4.78, 5) is 11.6. The highest BCUT2D eigenvalue weighted by Crippen LogP contribution is 2.47. The van der Waals surface area contributed by atoms with Crippen LogP contribution in [0.5, 0.6) is 0 Å². The summed E-state index contributed by atoms with van der Waals surface area (Å²) in [5, 5.41) is 2.95. The summed E-state index contributed by atoms with van der Waals surface area (Å²) in [7, 11) is 1.56. The minimum Gasteiger partial charge on any atom is -0.383 e. The number of carbonyl (C=O) groups is 1. The standard InChI is InChI=1S/C12H22N2O2.ClH/c1-16-7-11(13)12(15)14-6-10-5-8-2-3-9(10)4-8;/h8-11H,2-7,13H2,1H3,(H,14,15);1H. The quantitative estimate of drug-likeness (QED) is 0.775. The first-order valence-electron chi connectivity index (χ1n) is 6.23. The van der Waals surface area contributed by atoms with Crippen LogP contribution in [0.3, 0.4) is 0 Å². The van der Waals surface area contributed by atoms with E-state index in [9.17, 15) is 4.79 Å². The van der Waals surface area contributed by atoms with Crippen molar-refractivity contribution in [3.05, 3.63) is 0 Å². The zero-order valence-electron chi connectivity index (χ0n) is 10.4. The number of hydrogen-bond donors (Lipinski definition) is 2. The van der Waals surface area contributed by atoms with Gasteiger partial charge in [0, 0.05) is 13.7 Å². The Balaban J connectivity index is 0.00000144. The second kappa shape index (κ2) is 6.57. The van der Waals surface area contributed by atoms with Gasteiger partial charge in [0.05, 0.1) is 6.61 Å². The number of methoxy groups -OCH3 is 1. The molecular weight excluding hydrogens is 240 g/mol. The maximum Gasteiger partial charge on any atom is 0.239 e. The summed E-state index contributed by atoms with van der Waals surface area (Å²) in [5.74, 6) is 2.39. The minimum atomic E-state index is -0.524. The first kappa shape index (κ1) is 14.7. The summed E-state index contributed by atoms with van der Waals surface area (Å²) >= 11 is 0. The molecular formula is C12H23ClN2O2. The SMILES string of the molecule is COCC(N)C(=O)NCC1CC2CCC1C2.Cl. The molecule has 3 N–H and O–H groups in total. The highest BCUT2D eigenvalue weighted by molar-refractivity contribution is 5.85. The van der Waals surface area contributed by atoms with E-state index in [-0.39, 0.29) is 18.3 Å². The number of nitrogens with two attached hydrogens (primary N) is 1. The van der Waals surface area contributed by atoms with E-state index in [1.165, 1.54) is 25.7 Å². The lowest BCUT2D eigenvalue weighted by Gasteiger charge is -2.22. The number of amides is 1. The van der Waals surface area contributed by atoms with Crippen molar-refractivity contribution < 1.29 is 9.53 Å². The summed E-state index contributed by atoms with van der Waals surface area (Å²) < 4.78 is 4.86. The maximum absolute atomic E-state index is 11.6. The molecule has 2 fully saturated rings. The van der Waals surface area contributed by atoms with Crippen LogP contribution in [0, 0.1) is 17.8 Å². The highest BCUT2D eigenvalue weighted by atomic mass is 35.5. The Hall–Kier alpha value is -0.320. The predicted molar refractivity (Wildman–Crippen MR) is 69.0 cm³/mol. The van der Waals surface area contributed by atoms with Crippen LogP contribution in [0.15, 0.2) is 0 Å². The third kappa shape index (κ3) is 3.57. The maximum atomic E-state index is 11.6. The van der Waals surface area contributed by atoms with Crippen molar-refractivity contribution in [1.82, 2.24) is 5.32 Å². The summed E-state index contributed by atoms with van der Waals surface area (Å²) in [6.45, 7) is 1.10. The average Bonchev–Trinajstić information content (AvgIpc) is 2.87. The van der Waals surface area contributed by atoms with Gasteiger partial charge < -0.3 is 15.8 Å². The van der Waals surface area contributed by atoms with Crippen LogP contribution in [0.4, 0.5) is 0 Å². The van der Waals surface area contributed by atoms with Crippen LogP contribution >= 0.6 is 12.4 Å². The van der Waals surface area contributed by atoms with Gasteiger partial charge >= 0.3 is 0 Å². The normalized spacial score (nSPS) is 32.0. The molecule has 0 aliphatic heterocycles. The molecule has 4 atom stereocenters. The molecule has 0 aromatic carbocycles. The van der Waals surface area contributed by atoms with E-state index in [1.54, 1.807) is 7.11 Å². The molecule has 0 spiro atoms. The summed E-state index contributed by atoms with van der Waals surface area (Å²) in [6.07, 6.45) is 5.43. The fourth-order valence-electron chi connectivity index (χ4n) is 3.24. The molecule has 2 aliphatic rings. The lowest BCUT2D eigenvalue weighted by atomic mass is 9.89. The summed E-state index contributed by atoms with van der Waals surface area (Å²) in [6, 6.07) is -0.524. The number of rotatable bonds is 5. The van der Waals surface area contributed by atoms with E-state index in [0.717, 1.165) is 18.4 Å². The Bertz CT molecular complexity index is 263. The zero-order valence-corrected chi connectivity index (χ0v) is 11.2. The first-order chi connectivity index (χ1) is 7.70. The van der Waals surface area contributed by atoms with Gasteiger partial charge in [-0.1, -0.05) is 6.42 Å². The first-order valence-corrected chi connectivity index (χ1v) is 6.23. The van der Waals surface area contributed by atoms with E-state index in [2.05, 4.69) is 5.32 Å². The fraction of sp³-hybridized carbons (Fsp3) is 0.917. The van der Waals surface area contributed by atoms with Crippen LogP contribution in [-0.4, -0.2) is 32.2 Å². The van der Waals surface area contributed by atoms with Crippen LogP contribution in [0.1, 0.15) is 25.7 Å². The van der Waals surface area contributed by atoms with Crippen LogP contribution in [0.2, 0.25) is 0 Å². The average molecular weight is 263 g/mol. The number of halogens is 1. The summed E-state index contributed by atoms with van der Waals surface area (Å²) in [5.41, 5.74) is 5.65. The van der Waals surface area contributed by atoms with E-state index >= 15 is 0 Å². The Kier molecular flexibility index (Phi) is 5.70. The zero-order chi connectivity index (χ0) is 11.5. The van der Waals surface area contributed by atoms with Crippen LogP contribution in [-0.2, 0) is 9.53 Å². The van der Waals surface area contributed by atoms with E-state index < -0.39 is 6.04 Å². The molecule has 2 saturated carbocycles. The molecule has 2 bridgehead atoms. The van der Waals surface area contributed by atoms with Crippen molar-refractivity contribution >= 4 is 18.3 Å². The lowest BCUT2D eigenvalue weighted by Crippen LogP contribution is -2.45. The molecule has 17 heavy (non-hydrogen) atoms. The molecule has 100 valence electrons. The third-order valence-corrected chi connectivity index (χ3v) is 4.11. The van der Waals surface area contributed by atoms with Gasteiger partial charge in [-0.15, -0.1) is 12.4 Å². The van der Waals surface area contributed by atoms with Crippen LogP contribution in [0.25, 0.3) is 0 Å². The van der Waals surface area contributed by atoms with E-state index in [1.807, 2.05) is 0 Å². The Labute approximate surface area is 109 Å². The topological polar surface area (TPSA) is 64.3 Å². The second-order valence-electron chi connectivity index (χ2n) is 5.24. The number of hydrogen-bond acceptors (Lipinski definition) is 3. The molecule has 0 heterocycles. The molecule has 0 saturated heterocycles. The fourth-order valence-corrected chi connectivity index (χ4v) is 3.24. The molecule has 0 aromatic heterocycles. The van der Waals surface area contributed by atoms with Gasteiger partial charge in [0.25, 0.3) is 0 Å². The molecule has 0 radical (unpaired) electrons. The Morgan fingerprint density at radius 1 is 1.47 bits per heavy atom. The molecule has 4 nitrogen and oxygen atoms in total. The lowest BCUT2D eigenvalue weighted by molar-refractivity contribution is -0.123. The van der Waals surface area contributed by atoms with E-state index in [0.29, 0.717) is 12.5 Å². The van der Waals surface area contributed by atoms with Gasteiger partial charge in [0.2, 0.25) is 5.91 Å². The van der Waals surface area contributed by atoms with Crippen molar-refractivity contribution in [1.29, 1.82) is 0 Å². The minimum absolute atomic E-state index is 0. The number of nitrogens with one attached hydrogen (secondary N) is 1. The van der Waals surface area contributed by atoms with E-state index in [4.69, 9.17) is 10.5 Å². The van der Waals surface area contributed by atoms with Crippen molar-refractivity contribution in [3.63, 3.8) is 0 Å². The smallest absolute Gasteiger partial charge is 0.239 e. The van der Waals surface area contributed by atoms with Crippen molar-refractivity contribution in [2.45, 2.75) is 31.7 Å². The van der Waals surface area contributed by atoms with Gasteiger partial charge in [-0.2, -0.15) is 0 Å². The molecule has 4 unspecified atom stereocenters. The van der Waals surface area contributed by atoms with Crippen molar-refractivity contribution in [2.24, 2.45) is 23.5 Å². The highest BCUT2D eigenvalue weighted by Gasteiger charge is 2.39. The van der Waals surface area contributed by atoms with Gasteiger partial charge in [-0.05, 0) is 37.0 Å². The molecule has 0 aromatic rings. The second-order valence-corrected chi connectivity index (χ2v) is 5.24. The van der Waals surface area contributed by atoms with Gasteiger partial charge in [0.1, 0.15) is 6.04 Å². The molecule has 5 heteroatoms. The molecule has 2 aliphatic carbocycles. The third-order valence-electron chi connectivity index (χ3n) is 4.11. The van der Waals surface area contributed by atoms with Gasteiger partial charge in [-0.3, -0.25) is 4.79 Å². The number of ether oxygens (including phenoxy) is 1. The molecule has 2 rings (SSSR count). The predicted octanol–water partition coefficient (Wildman–Crippen LogP) is 0.934. The van der Waals surface area contributed by atoms with Gasteiger partial charge in [0.15, 0.2) is 0 Å². The van der Waals surface area contributed by atoms with Crippen molar-refractivity contribution in [3.8, 4) is 0 Å². The largest absolute Gasteiger partial charge is 0.383 e. The van der Waals surface area contributed by atoms with Crippen LogP contribution < -0.4 is 11.1 Å². The van der Waals surface area contributed by atoms with Gasteiger partial charge in [-0.25, -0.2) is 0 Å². The number of carbonyl (C=O) groups excluding carboxylic acids is 1. The molecule has 1 amide bonds. The van der Waals surface area contributed by atoms with Crippen molar-refractivity contribution in [2.75, 3.05) is 20.3 Å². The Morgan fingerprint density at radius 2 is 2.24 bits per heavy atom. The number of fused-ring (bicyclic) bond motifs is 2. The monoisotopic (exact) mass is 262 g/mol. The Morgan fingerprint density at radius 3 is 2.76 bits per heavy atom.